The maximum absolute atomic E-state index is 12.2. The van der Waals surface area contributed by atoms with Crippen LogP contribution in [0.3, 0.4) is 0 Å². The van der Waals surface area contributed by atoms with E-state index >= 15 is 0 Å². The largest absolute Gasteiger partial charge is 0.497 e. The molecule has 1 unspecified atom stereocenters. The molecule has 22 heavy (non-hydrogen) atoms. The summed E-state index contributed by atoms with van der Waals surface area (Å²) >= 11 is 0. The summed E-state index contributed by atoms with van der Waals surface area (Å²) in [4.78, 5) is 25.8. The fourth-order valence-electron chi connectivity index (χ4n) is 2.03. The summed E-state index contributed by atoms with van der Waals surface area (Å²) in [7, 11) is 1.61. The van der Waals surface area contributed by atoms with Gasteiger partial charge in [0, 0.05) is 19.5 Å². The first kappa shape index (κ1) is 17.8. The van der Waals surface area contributed by atoms with Crippen LogP contribution in [0.25, 0.3) is 0 Å². The second kappa shape index (κ2) is 8.87. The van der Waals surface area contributed by atoms with Gasteiger partial charge in [0.1, 0.15) is 11.8 Å². The highest BCUT2D eigenvalue weighted by Gasteiger charge is 2.24. The molecule has 0 fully saturated rings. The molecule has 0 aromatic heterocycles. The van der Waals surface area contributed by atoms with Crippen molar-refractivity contribution in [3.05, 3.63) is 42.5 Å². The summed E-state index contributed by atoms with van der Waals surface area (Å²) in [5, 5.41) is 2.72. The Kier molecular flexibility index (Phi) is 7.16. The number of hydrogen-bond donors (Lipinski definition) is 1. The topological polar surface area (TPSA) is 58.6 Å². The predicted molar refractivity (Wildman–Crippen MR) is 86.5 cm³/mol. The molecule has 0 aliphatic carbocycles. The zero-order valence-corrected chi connectivity index (χ0v) is 13.5. The van der Waals surface area contributed by atoms with Crippen molar-refractivity contribution in [3.63, 3.8) is 0 Å². The SMILES string of the molecule is C=CCNC(=O)C(C)N(Cc1ccc(OC)cc1)C(=O)CC. The Balaban J connectivity index is 2.85. The molecular weight excluding hydrogens is 280 g/mol. The maximum atomic E-state index is 12.2. The number of rotatable bonds is 8. The molecule has 0 bridgehead atoms. The summed E-state index contributed by atoms with van der Waals surface area (Å²) in [6.07, 6.45) is 1.97. The van der Waals surface area contributed by atoms with Gasteiger partial charge in [-0.15, -0.1) is 6.58 Å². The lowest BCUT2D eigenvalue weighted by Gasteiger charge is -2.28. The third-order valence-electron chi connectivity index (χ3n) is 3.40. The van der Waals surface area contributed by atoms with Gasteiger partial charge in [-0.3, -0.25) is 9.59 Å². The van der Waals surface area contributed by atoms with Crippen LogP contribution in [0.5, 0.6) is 5.75 Å². The van der Waals surface area contributed by atoms with Crippen molar-refractivity contribution in [1.82, 2.24) is 10.2 Å². The average Bonchev–Trinajstić information content (AvgIpc) is 2.56. The first-order valence-electron chi connectivity index (χ1n) is 7.34. The Morgan fingerprint density at radius 1 is 1.36 bits per heavy atom. The summed E-state index contributed by atoms with van der Waals surface area (Å²) in [6.45, 7) is 7.86. The average molecular weight is 304 g/mol. The van der Waals surface area contributed by atoms with Gasteiger partial charge in [0.15, 0.2) is 0 Å². The molecule has 0 spiro atoms. The van der Waals surface area contributed by atoms with Crippen molar-refractivity contribution in [2.45, 2.75) is 32.9 Å². The molecule has 1 N–H and O–H groups in total. The monoisotopic (exact) mass is 304 g/mol. The second-order valence-electron chi connectivity index (χ2n) is 4.93. The van der Waals surface area contributed by atoms with Crippen LogP contribution in [0, 0.1) is 0 Å². The number of carbonyl (C=O) groups is 2. The normalized spacial score (nSPS) is 11.4. The molecule has 0 heterocycles. The summed E-state index contributed by atoms with van der Waals surface area (Å²) in [6, 6.07) is 6.93. The van der Waals surface area contributed by atoms with Crippen LogP contribution < -0.4 is 10.1 Å². The van der Waals surface area contributed by atoms with E-state index in [-0.39, 0.29) is 11.8 Å². The standard InChI is InChI=1S/C17H24N2O3/c1-5-11-18-17(21)13(3)19(16(20)6-2)12-14-7-9-15(22-4)10-8-14/h5,7-10,13H,1,6,11-12H2,2-4H3,(H,18,21). The molecule has 0 radical (unpaired) electrons. The van der Waals surface area contributed by atoms with E-state index in [4.69, 9.17) is 4.74 Å². The molecule has 2 amide bonds. The van der Waals surface area contributed by atoms with E-state index in [1.54, 1.807) is 31.9 Å². The molecule has 1 aromatic rings. The van der Waals surface area contributed by atoms with Crippen molar-refractivity contribution < 1.29 is 14.3 Å². The van der Waals surface area contributed by atoms with Gasteiger partial charge in [0.05, 0.1) is 7.11 Å². The third kappa shape index (κ3) is 4.91. The fourth-order valence-corrected chi connectivity index (χ4v) is 2.03. The summed E-state index contributed by atoms with van der Waals surface area (Å²) in [5.41, 5.74) is 0.950. The Morgan fingerprint density at radius 2 is 2.00 bits per heavy atom. The van der Waals surface area contributed by atoms with E-state index in [0.29, 0.717) is 19.5 Å². The number of hydrogen-bond acceptors (Lipinski definition) is 3. The Morgan fingerprint density at radius 3 is 2.50 bits per heavy atom. The highest BCUT2D eigenvalue weighted by atomic mass is 16.5. The highest BCUT2D eigenvalue weighted by molar-refractivity contribution is 5.87. The summed E-state index contributed by atoms with van der Waals surface area (Å²) in [5.74, 6) is 0.515. The minimum atomic E-state index is -0.533. The first-order valence-corrected chi connectivity index (χ1v) is 7.34. The Labute approximate surface area is 132 Å². The van der Waals surface area contributed by atoms with Crippen LogP contribution >= 0.6 is 0 Å². The number of methoxy groups -OCH3 is 1. The number of carbonyl (C=O) groups excluding carboxylic acids is 2. The molecule has 1 rings (SSSR count). The van der Waals surface area contributed by atoms with E-state index in [0.717, 1.165) is 11.3 Å². The van der Waals surface area contributed by atoms with Gasteiger partial charge < -0.3 is 15.0 Å². The number of nitrogens with zero attached hydrogens (tertiary/aromatic N) is 1. The highest BCUT2D eigenvalue weighted by Crippen LogP contribution is 2.15. The molecule has 0 saturated carbocycles. The molecular formula is C17H24N2O3. The molecule has 0 aliphatic rings. The van der Waals surface area contributed by atoms with Crippen molar-refractivity contribution in [2.24, 2.45) is 0 Å². The van der Waals surface area contributed by atoms with Crippen molar-refractivity contribution in [2.75, 3.05) is 13.7 Å². The first-order chi connectivity index (χ1) is 10.5. The quantitative estimate of drug-likeness (QED) is 0.748. The lowest BCUT2D eigenvalue weighted by Crippen LogP contribution is -2.47. The molecule has 120 valence electrons. The number of benzene rings is 1. The van der Waals surface area contributed by atoms with E-state index in [2.05, 4.69) is 11.9 Å². The van der Waals surface area contributed by atoms with Crippen LogP contribution in [0.2, 0.25) is 0 Å². The minimum Gasteiger partial charge on any atom is -0.497 e. The predicted octanol–water partition coefficient (Wildman–Crippen LogP) is 2.12. The van der Waals surface area contributed by atoms with Gasteiger partial charge in [0.25, 0.3) is 0 Å². The molecule has 0 saturated heterocycles. The van der Waals surface area contributed by atoms with Crippen LogP contribution in [-0.2, 0) is 16.1 Å². The van der Waals surface area contributed by atoms with E-state index in [9.17, 15) is 9.59 Å². The van der Waals surface area contributed by atoms with Gasteiger partial charge in [-0.05, 0) is 24.6 Å². The van der Waals surface area contributed by atoms with Crippen LogP contribution in [0.4, 0.5) is 0 Å². The molecule has 1 atom stereocenters. The van der Waals surface area contributed by atoms with Crippen LogP contribution in [0.1, 0.15) is 25.8 Å². The van der Waals surface area contributed by atoms with E-state index < -0.39 is 6.04 Å². The third-order valence-corrected chi connectivity index (χ3v) is 3.40. The minimum absolute atomic E-state index is 0.0583. The summed E-state index contributed by atoms with van der Waals surface area (Å²) < 4.78 is 5.12. The molecule has 0 aliphatic heterocycles. The van der Waals surface area contributed by atoms with Gasteiger partial charge in [-0.25, -0.2) is 0 Å². The van der Waals surface area contributed by atoms with E-state index in [1.165, 1.54) is 0 Å². The van der Waals surface area contributed by atoms with Crippen molar-refractivity contribution >= 4 is 11.8 Å². The second-order valence-corrected chi connectivity index (χ2v) is 4.93. The smallest absolute Gasteiger partial charge is 0.242 e. The van der Waals surface area contributed by atoms with E-state index in [1.807, 2.05) is 24.3 Å². The molecule has 1 aromatic carbocycles. The van der Waals surface area contributed by atoms with Crippen molar-refractivity contribution in [1.29, 1.82) is 0 Å². The Bertz CT molecular complexity index is 511. The zero-order chi connectivity index (χ0) is 16.5. The van der Waals surface area contributed by atoms with Gasteiger partial charge in [-0.1, -0.05) is 25.1 Å². The lowest BCUT2D eigenvalue weighted by molar-refractivity contribution is -0.140. The maximum Gasteiger partial charge on any atom is 0.242 e. The van der Waals surface area contributed by atoms with Gasteiger partial charge >= 0.3 is 0 Å². The van der Waals surface area contributed by atoms with Gasteiger partial charge in [-0.2, -0.15) is 0 Å². The number of nitrogens with one attached hydrogen (secondary N) is 1. The van der Waals surface area contributed by atoms with Crippen LogP contribution in [-0.4, -0.2) is 36.4 Å². The zero-order valence-electron chi connectivity index (χ0n) is 13.5. The lowest BCUT2D eigenvalue weighted by atomic mass is 10.1. The molecule has 5 heteroatoms. The van der Waals surface area contributed by atoms with Gasteiger partial charge in [0.2, 0.25) is 11.8 Å². The number of ether oxygens (including phenoxy) is 1. The number of amides is 2. The molecule has 5 nitrogen and oxygen atoms in total. The Hall–Kier alpha value is -2.30. The van der Waals surface area contributed by atoms with Crippen LogP contribution in [0.15, 0.2) is 36.9 Å². The fraction of sp³-hybridized carbons (Fsp3) is 0.412. The van der Waals surface area contributed by atoms with Crippen molar-refractivity contribution in [3.8, 4) is 5.75 Å².